The molecule has 0 aliphatic rings. The van der Waals surface area contributed by atoms with Gasteiger partial charge >= 0.3 is 0 Å². The quantitative estimate of drug-likeness (QED) is 0.864. The first-order chi connectivity index (χ1) is 8.22. The zero-order valence-corrected chi connectivity index (χ0v) is 12.3. The van der Waals surface area contributed by atoms with Crippen LogP contribution in [0.3, 0.4) is 0 Å². The molecule has 3 N–H and O–H groups in total. The van der Waals surface area contributed by atoms with Crippen molar-refractivity contribution in [1.82, 2.24) is 4.90 Å². The monoisotopic (exact) mass is 270 g/mol. The van der Waals surface area contributed by atoms with Gasteiger partial charge in [-0.05, 0) is 39.4 Å². The topological polar surface area (TPSA) is 49.5 Å². The molecule has 0 heterocycles. The average Bonchev–Trinajstić information content (AvgIpc) is 2.17. The number of nitrogens with zero attached hydrogens (tertiary/aromatic N) is 1. The number of hydrogen-bond acceptors (Lipinski definition) is 3. The van der Waals surface area contributed by atoms with Crippen molar-refractivity contribution in [2.24, 2.45) is 5.73 Å². The number of halogens is 1. The van der Waals surface area contributed by atoms with E-state index < -0.39 is 5.60 Å². The number of aliphatic hydroxyl groups is 1. The van der Waals surface area contributed by atoms with E-state index in [1.165, 1.54) is 0 Å². The van der Waals surface area contributed by atoms with Gasteiger partial charge in [0.1, 0.15) is 0 Å². The zero-order valence-electron chi connectivity index (χ0n) is 11.5. The van der Waals surface area contributed by atoms with E-state index in [0.717, 1.165) is 5.56 Å². The molecule has 1 aromatic carbocycles. The summed E-state index contributed by atoms with van der Waals surface area (Å²) >= 11 is 6.23. The smallest absolute Gasteiger partial charge is 0.0718 e. The molecule has 2 unspecified atom stereocenters. The molecule has 102 valence electrons. The molecule has 0 spiro atoms. The van der Waals surface area contributed by atoms with Crippen LogP contribution < -0.4 is 5.73 Å². The molecule has 18 heavy (non-hydrogen) atoms. The van der Waals surface area contributed by atoms with Gasteiger partial charge in [-0.15, -0.1) is 0 Å². The molecule has 0 saturated carbocycles. The molecule has 0 amide bonds. The van der Waals surface area contributed by atoms with Crippen molar-refractivity contribution in [2.45, 2.75) is 38.5 Å². The van der Waals surface area contributed by atoms with Crippen molar-refractivity contribution in [3.05, 3.63) is 34.9 Å². The lowest BCUT2D eigenvalue weighted by Gasteiger charge is -2.35. The van der Waals surface area contributed by atoms with Gasteiger partial charge in [0, 0.05) is 17.6 Å². The SMILES string of the molecule is CC(N)C(c1ccccc1Cl)N(C)CC(C)(C)O. The van der Waals surface area contributed by atoms with Gasteiger partial charge in [0.15, 0.2) is 0 Å². The lowest BCUT2D eigenvalue weighted by atomic mass is 9.98. The molecule has 0 fully saturated rings. The van der Waals surface area contributed by atoms with E-state index in [2.05, 4.69) is 0 Å². The minimum atomic E-state index is -0.761. The third-order valence-corrected chi connectivity index (χ3v) is 3.18. The summed E-state index contributed by atoms with van der Waals surface area (Å²) < 4.78 is 0. The van der Waals surface area contributed by atoms with Crippen LogP contribution in [0, 0.1) is 0 Å². The van der Waals surface area contributed by atoms with Gasteiger partial charge in [0.2, 0.25) is 0 Å². The minimum absolute atomic E-state index is 0.00914. The summed E-state index contributed by atoms with van der Waals surface area (Å²) in [6.07, 6.45) is 0. The average molecular weight is 271 g/mol. The van der Waals surface area contributed by atoms with Gasteiger partial charge < -0.3 is 10.8 Å². The van der Waals surface area contributed by atoms with Crippen molar-refractivity contribution < 1.29 is 5.11 Å². The number of benzene rings is 1. The van der Waals surface area contributed by atoms with E-state index in [0.29, 0.717) is 11.6 Å². The standard InChI is InChI=1S/C14H23ClN2O/c1-10(16)13(17(4)9-14(2,3)18)11-7-5-6-8-12(11)15/h5-8,10,13,18H,9,16H2,1-4H3. The van der Waals surface area contributed by atoms with Crippen molar-refractivity contribution in [3.63, 3.8) is 0 Å². The van der Waals surface area contributed by atoms with Crippen molar-refractivity contribution in [1.29, 1.82) is 0 Å². The lowest BCUT2D eigenvalue weighted by molar-refractivity contribution is 0.0278. The normalized spacial score (nSPS) is 15.8. The molecule has 0 aliphatic heterocycles. The van der Waals surface area contributed by atoms with E-state index in [4.69, 9.17) is 17.3 Å². The summed E-state index contributed by atoms with van der Waals surface area (Å²) in [5, 5.41) is 10.6. The summed E-state index contributed by atoms with van der Waals surface area (Å²) in [6.45, 7) is 6.06. The van der Waals surface area contributed by atoms with E-state index in [-0.39, 0.29) is 12.1 Å². The number of rotatable bonds is 5. The van der Waals surface area contributed by atoms with Gasteiger partial charge in [-0.1, -0.05) is 29.8 Å². The Balaban J connectivity index is 3.00. The van der Waals surface area contributed by atoms with Gasteiger partial charge in [0.05, 0.1) is 11.6 Å². The lowest BCUT2D eigenvalue weighted by Crippen LogP contribution is -2.44. The largest absolute Gasteiger partial charge is 0.389 e. The molecule has 0 saturated heterocycles. The van der Waals surface area contributed by atoms with E-state index in [1.807, 2.05) is 43.1 Å². The highest BCUT2D eigenvalue weighted by molar-refractivity contribution is 6.31. The van der Waals surface area contributed by atoms with Crippen LogP contribution in [-0.2, 0) is 0 Å². The van der Waals surface area contributed by atoms with Crippen molar-refractivity contribution in [3.8, 4) is 0 Å². The highest BCUT2D eigenvalue weighted by Gasteiger charge is 2.27. The summed E-state index contributed by atoms with van der Waals surface area (Å²) in [5.41, 5.74) is 6.32. The Morgan fingerprint density at radius 2 is 1.94 bits per heavy atom. The van der Waals surface area contributed by atoms with Crippen molar-refractivity contribution >= 4 is 11.6 Å². The van der Waals surface area contributed by atoms with Crippen LogP contribution in [0.4, 0.5) is 0 Å². The molecule has 1 rings (SSSR count). The van der Waals surface area contributed by atoms with Crippen LogP contribution in [0.15, 0.2) is 24.3 Å². The molecule has 0 bridgehead atoms. The van der Waals surface area contributed by atoms with E-state index >= 15 is 0 Å². The fourth-order valence-corrected chi connectivity index (χ4v) is 2.59. The van der Waals surface area contributed by atoms with Crippen LogP contribution in [0.1, 0.15) is 32.4 Å². The molecule has 2 atom stereocenters. The van der Waals surface area contributed by atoms with Crippen LogP contribution in [0.5, 0.6) is 0 Å². The Labute approximate surface area is 115 Å². The first-order valence-corrected chi connectivity index (χ1v) is 6.53. The highest BCUT2D eigenvalue weighted by Crippen LogP contribution is 2.29. The molecule has 0 radical (unpaired) electrons. The summed E-state index contributed by atoms with van der Waals surface area (Å²) in [4.78, 5) is 2.05. The highest BCUT2D eigenvalue weighted by atomic mass is 35.5. The maximum Gasteiger partial charge on any atom is 0.0718 e. The molecule has 3 nitrogen and oxygen atoms in total. The molecule has 1 aromatic rings. The Hall–Kier alpha value is -0.610. The number of likely N-dealkylation sites (N-methyl/N-ethyl adjacent to an activating group) is 1. The first-order valence-electron chi connectivity index (χ1n) is 6.15. The van der Waals surface area contributed by atoms with Gasteiger partial charge in [-0.2, -0.15) is 0 Å². The number of hydrogen-bond donors (Lipinski definition) is 2. The molecular formula is C14H23ClN2O. The second kappa shape index (κ2) is 6.02. The van der Waals surface area contributed by atoms with Crippen LogP contribution in [0.25, 0.3) is 0 Å². The molecule has 4 heteroatoms. The predicted octanol–water partition coefficient (Wildman–Crippen LogP) is 2.43. The molecular weight excluding hydrogens is 248 g/mol. The van der Waals surface area contributed by atoms with Crippen LogP contribution in [0.2, 0.25) is 5.02 Å². The van der Waals surface area contributed by atoms with E-state index in [9.17, 15) is 5.11 Å². The Morgan fingerprint density at radius 3 is 2.39 bits per heavy atom. The fraction of sp³-hybridized carbons (Fsp3) is 0.571. The first kappa shape index (κ1) is 15.4. The second-order valence-corrected chi connectivity index (χ2v) is 5.96. The zero-order chi connectivity index (χ0) is 13.9. The molecule has 0 aliphatic carbocycles. The number of nitrogens with two attached hydrogens (primary N) is 1. The maximum atomic E-state index is 9.92. The van der Waals surface area contributed by atoms with E-state index in [1.54, 1.807) is 13.8 Å². The third kappa shape index (κ3) is 4.25. The van der Waals surface area contributed by atoms with Crippen LogP contribution >= 0.6 is 11.6 Å². The van der Waals surface area contributed by atoms with Gasteiger partial charge in [-0.25, -0.2) is 0 Å². The predicted molar refractivity (Wildman–Crippen MR) is 76.8 cm³/mol. The van der Waals surface area contributed by atoms with Gasteiger partial charge in [-0.3, -0.25) is 4.90 Å². The Bertz CT molecular complexity index is 388. The van der Waals surface area contributed by atoms with Gasteiger partial charge in [0.25, 0.3) is 0 Å². The summed E-state index contributed by atoms with van der Waals surface area (Å²) in [7, 11) is 1.95. The third-order valence-electron chi connectivity index (χ3n) is 2.83. The second-order valence-electron chi connectivity index (χ2n) is 5.55. The Morgan fingerprint density at radius 1 is 1.39 bits per heavy atom. The Kier molecular flexibility index (Phi) is 5.17. The molecule has 0 aromatic heterocycles. The fourth-order valence-electron chi connectivity index (χ4n) is 2.35. The summed E-state index contributed by atoms with van der Waals surface area (Å²) in [6, 6.07) is 7.62. The van der Waals surface area contributed by atoms with Crippen LogP contribution in [-0.4, -0.2) is 35.2 Å². The minimum Gasteiger partial charge on any atom is -0.389 e. The summed E-state index contributed by atoms with van der Waals surface area (Å²) in [5.74, 6) is 0. The van der Waals surface area contributed by atoms with Crippen molar-refractivity contribution in [2.75, 3.05) is 13.6 Å². The maximum absolute atomic E-state index is 9.92.